The first-order valence-electron chi connectivity index (χ1n) is 5.05. The van der Waals surface area contributed by atoms with E-state index in [2.05, 4.69) is 41.7 Å². The maximum atomic E-state index is 8.70. The molecule has 0 amide bonds. The molecule has 2 aromatic carbocycles. The fourth-order valence-electron chi connectivity index (χ4n) is 2.45. The molecule has 0 radical (unpaired) electrons. The van der Waals surface area contributed by atoms with Gasteiger partial charge in [0.1, 0.15) is 0 Å². The molecular weight excluding hydrogens is 184 g/mol. The van der Waals surface area contributed by atoms with Crippen LogP contribution in [0, 0.1) is 11.5 Å². The molecule has 15 heavy (non-hydrogen) atoms. The van der Waals surface area contributed by atoms with Gasteiger partial charge in [0.2, 0.25) is 0 Å². The summed E-state index contributed by atoms with van der Waals surface area (Å²) in [6.45, 7) is 0. The highest BCUT2D eigenvalue weighted by atomic mass is 14.9. The van der Waals surface area contributed by atoms with E-state index in [1.54, 1.807) is 0 Å². The molecule has 2 nitrogen and oxygen atoms in total. The van der Waals surface area contributed by atoms with Crippen molar-refractivity contribution >= 4 is 10.8 Å². The van der Waals surface area contributed by atoms with Crippen molar-refractivity contribution in [3.8, 4) is 6.19 Å². The highest BCUT2D eigenvalue weighted by Crippen LogP contribution is 2.36. The summed E-state index contributed by atoms with van der Waals surface area (Å²) in [6.07, 6.45) is 2.96. The maximum absolute atomic E-state index is 8.70. The van der Waals surface area contributed by atoms with Crippen LogP contribution in [0.1, 0.15) is 17.2 Å². The average molecular weight is 194 g/mol. The van der Waals surface area contributed by atoms with Gasteiger partial charge in [-0.15, -0.1) is 0 Å². The van der Waals surface area contributed by atoms with Gasteiger partial charge in [-0.05, 0) is 28.3 Å². The van der Waals surface area contributed by atoms with Crippen molar-refractivity contribution in [3.05, 3.63) is 47.5 Å². The van der Waals surface area contributed by atoms with Gasteiger partial charge in [-0.1, -0.05) is 36.4 Å². The van der Waals surface area contributed by atoms with Gasteiger partial charge in [-0.25, -0.2) is 0 Å². The van der Waals surface area contributed by atoms with Gasteiger partial charge in [0, 0.05) is 0 Å². The van der Waals surface area contributed by atoms with Gasteiger partial charge in [0.25, 0.3) is 0 Å². The number of rotatable bonds is 1. The highest BCUT2D eigenvalue weighted by Gasteiger charge is 2.23. The fraction of sp³-hybridized carbons (Fsp3) is 0.154. The standard InChI is InChI=1S/C13H10N2/c14-8-15-12-7-10-5-1-3-9-4-2-6-11(12)13(9)10/h1-6,12,15H,7H2. The second kappa shape index (κ2) is 2.99. The van der Waals surface area contributed by atoms with E-state index in [9.17, 15) is 0 Å². The van der Waals surface area contributed by atoms with Crippen LogP contribution < -0.4 is 5.32 Å². The molecule has 1 aliphatic carbocycles. The SMILES string of the molecule is N#CNC1Cc2cccc3cccc1c23. The second-order valence-corrected chi connectivity index (χ2v) is 3.88. The fourth-order valence-corrected chi connectivity index (χ4v) is 2.45. The predicted molar refractivity (Wildman–Crippen MR) is 59.1 cm³/mol. The molecule has 1 N–H and O–H groups in total. The summed E-state index contributed by atoms with van der Waals surface area (Å²) in [4.78, 5) is 0. The first-order valence-corrected chi connectivity index (χ1v) is 5.05. The lowest BCUT2D eigenvalue weighted by Gasteiger charge is -2.07. The maximum Gasteiger partial charge on any atom is 0.177 e. The Morgan fingerprint density at radius 3 is 2.80 bits per heavy atom. The van der Waals surface area contributed by atoms with Gasteiger partial charge in [-0.3, -0.25) is 0 Å². The molecule has 1 unspecified atom stereocenters. The largest absolute Gasteiger partial charge is 0.316 e. The summed E-state index contributed by atoms with van der Waals surface area (Å²) in [5.74, 6) is 0. The van der Waals surface area contributed by atoms with Crippen molar-refractivity contribution in [1.82, 2.24) is 5.32 Å². The monoisotopic (exact) mass is 194 g/mol. The first kappa shape index (κ1) is 8.31. The Morgan fingerprint density at radius 1 is 1.20 bits per heavy atom. The van der Waals surface area contributed by atoms with Crippen LogP contribution in [0.3, 0.4) is 0 Å². The number of hydrogen-bond acceptors (Lipinski definition) is 2. The van der Waals surface area contributed by atoms with E-state index in [1.807, 2.05) is 6.19 Å². The molecule has 0 saturated heterocycles. The Morgan fingerprint density at radius 2 is 2.00 bits per heavy atom. The van der Waals surface area contributed by atoms with Crippen molar-refractivity contribution in [2.24, 2.45) is 0 Å². The van der Waals surface area contributed by atoms with Crippen LogP contribution in [0.4, 0.5) is 0 Å². The Hall–Kier alpha value is -2.01. The summed E-state index contributed by atoms with van der Waals surface area (Å²) in [7, 11) is 0. The number of nitrogens with zero attached hydrogens (tertiary/aromatic N) is 1. The Balaban J connectivity index is 2.28. The molecule has 0 bridgehead atoms. The van der Waals surface area contributed by atoms with Crippen molar-refractivity contribution in [2.75, 3.05) is 0 Å². The summed E-state index contributed by atoms with van der Waals surface area (Å²) in [5, 5.41) is 14.2. The Bertz CT molecular complexity index is 561. The number of nitrogens with one attached hydrogen (secondary N) is 1. The molecule has 0 aromatic heterocycles. The molecule has 0 fully saturated rings. The van der Waals surface area contributed by atoms with E-state index in [-0.39, 0.29) is 6.04 Å². The number of nitriles is 1. The molecule has 2 aromatic rings. The third-order valence-electron chi connectivity index (χ3n) is 3.06. The lowest BCUT2D eigenvalue weighted by Crippen LogP contribution is -2.14. The van der Waals surface area contributed by atoms with Crippen molar-refractivity contribution in [2.45, 2.75) is 12.5 Å². The Kier molecular flexibility index (Phi) is 1.66. The third kappa shape index (κ3) is 1.10. The molecule has 0 heterocycles. The Labute approximate surface area is 88.1 Å². The highest BCUT2D eigenvalue weighted by molar-refractivity contribution is 5.91. The lowest BCUT2D eigenvalue weighted by molar-refractivity contribution is 0.653. The molecular formula is C13H10N2. The molecule has 3 rings (SSSR count). The molecule has 0 aliphatic heterocycles. The molecule has 2 heteroatoms. The zero-order valence-electron chi connectivity index (χ0n) is 8.20. The zero-order chi connectivity index (χ0) is 10.3. The summed E-state index contributed by atoms with van der Waals surface area (Å²) < 4.78 is 0. The first-order chi connectivity index (χ1) is 7.40. The topological polar surface area (TPSA) is 35.8 Å². The van der Waals surface area contributed by atoms with Crippen LogP contribution in [-0.2, 0) is 6.42 Å². The van der Waals surface area contributed by atoms with E-state index in [1.165, 1.54) is 21.9 Å². The molecule has 0 saturated carbocycles. The van der Waals surface area contributed by atoms with Crippen LogP contribution in [0.15, 0.2) is 36.4 Å². The summed E-state index contributed by atoms with van der Waals surface area (Å²) >= 11 is 0. The molecule has 1 atom stereocenters. The zero-order valence-corrected chi connectivity index (χ0v) is 8.20. The van der Waals surface area contributed by atoms with E-state index >= 15 is 0 Å². The van der Waals surface area contributed by atoms with Gasteiger partial charge >= 0.3 is 0 Å². The van der Waals surface area contributed by atoms with E-state index in [0.29, 0.717) is 0 Å². The number of hydrogen-bond donors (Lipinski definition) is 1. The van der Waals surface area contributed by atoms with E-state index in [0.717, 1.165) is 6.42 Å². The molecule has 0 spiro atoms. The minimum Gasteiger partial charge on any atom is -0.316 e. The van der Waals surface area contributed by atoms with E-state index < -0.39 is 0 Å². The lowest BCUT2D eigenvalue weighted by atomic mass is 10.0. The van der Waals surface area contributed by atoms with Crippen LogP contribution in [0.2, 0.25) is 0 Å². The van der Waals surface area contributed by atoms with Gasteiger partial charge < -0.3 is 5.32 Å². The van der Waals surface area contributed by atoms with Gasteiger partial charge in [0.05, 0.1) is 6.04 Å². The van der Waals surface area contributed by atoms with Gasteiger partial charge in [-0.2, -0.15) is 5.26 Å². The summed E-state index contributed by atoms with van der Waals surface area (Å²) in [5.41, 5.74) is 2.60. The summed E-state index contributed by atoms with van der Waals surface area (Å²) in [6, 6.07) is 12.8. The molecule has 1 aliphatic rings. The second-order valence-electron chi connectivity index (χ2n) is 3.88. The third-order valence-corrected chi connectivity index (χ3v) is 3.06. The number of benzene rings is 2. The normalized spacial score (nSPS) is 17.7. The van der Waals surface area contributed by atoms with Gasteiger partial charge in [0.15, 0.2) is 6.19 Å². The smallest absolute Gasteiger partial charge is 0.177 e. The van der Waals surface area contributed by atoms with Crippen LogP contribution >= 0.6 is 0 Å². The molecule has 72 valence electrons. The predicted octanol–water partition coefficient (Wildman–Crippen LogP) is 2.51. The van der Waals surface area contributed by atoms with Crippen molar-refractivity contribution < 1.29 is 0 Å². The minimum absolute atomic E-state index is 0.163. The average Bonchev–Trinajstić information content (AvgIpc) is 2.61. The van der Waals surface area contributed by atoms with Crippen LogP contribution in [-0.4, -0.2) is 0 Å². The van der Waals surface area contributed by atoms with Crippen molar-refractivity contribution in [1.29, 1.82) is 5.26 Å². The minimum atomic E-state index is 0.163. The van der Waals surface area contributed by atoms with Crippen LogP contribution in [0.5, 0.6) is 0 Å². The van der Waals surface area contributed by atoms with E-state index in [4.69, 9.17) is 5.26 Å². The van der Waals surface area contributed by atoms with Crippen LogP contribution in [0.25, 0.3) is 10.8 Å². The van der Waals surface area contributed by atoms with Crippen molar-refractivity contribution in [3.63, 3.8) is 0 Å². The quantitative estimate of drug-likeness (QED) is 0.559.